The molecule has 1 saturated heterocycles. The average molecular weight is 326 g/mol. The molecule has 1 aliphatic heterocycles. The number of anilines is 1. The largest absolute Gasteiger partial charge is 0.369 e. The second-order valence-electron chi connectivity index (χ2n) is 5.08. The molecule has 0 radical (unpaired) electrons. The van der Waals surface area contributed by atoms with E-state index in [1.165, 1.54) is 0 Å². The highest BCUT2D eigenvalue weighted by atomic mass is 79.9. The molecule has 0 spiro atoms. The molecule has 5 heteroatoms. The summed E-state index contributed by atoms with van der Waals surface area (Å²) in [6.07, 6.45) is 2.11. The zero-order valence-electron chi connectivity index (χ0n) is 10.9. The standard InChI is InChI=1S/C14H17BrFN3/c1-9(18)11-3-2-6-19(8-11)12-5-4-10(7-17)13(15)14(12)16/h4-5,9,11H,2-3,6,8,18H2,1H3. The molecule has 0 saturated carbocycles. The van der Waals surface area contributed by atoms with Gasteiger partial charge in [-0.3, -0.25) is 0 Å². The summed E-state index contributed by atoms with van der Waals surface area (Å²) in [7, 11) is 0. The van der Waals surface area contributed by atoms with Crippen LogP contribution in [0, 0.1) is 23.1 Å². The predicted octanol–water partition coefficient (Wildman–Crippen LogP) is 3.02. The molecule has 19 heavy (non-hydrogen) atoms. The van der Waals surface area contributed by atoms with Crippen LogP contribution in [0.15, 0.2) is 16.6 Å². The lowest BCUT2D eigenvalue weighted by molar-refractivity contribution is 0.362. The number of nitrogens with zero attached hydrogens (tertiary/aromatic N) is 2. The molecule has 2 unspecified atom stereocenters. The van der Waals surface area contributed by atoms with Gasteiger partial charge in [0.15, 0.2) is 5.82 Å². The summed E-state index contributed by atoms with van der Waals surface area (Å²) in [5.41, 5.74) is 6.82. The third kappa shape index (κ3) is 2.90. The fraction of sp³-hybridized carbons (Fsp3) is 0.500. The van der Waals surface area contributed by atoms with Crippen LogP contribution >= 0.6 is 15.9 Å². The Labute approximate surface area is 121 Å². The zero-order valence-corrected chi connectivity index (χ0v) is 12.5. The minimum Gasteiger partial charge on any atom is -0.369 e. The highest BCUT2D eigenvalue weighted by molar-refractivity contribution is 9.10. The van der Waals surface area contributed by atoms with Crippen molar-refractivity contribution < 1.29 is 4.39 Å². The van der Waals surface area contributed by atoms with Crippen molar-refractivity contribution in [3.8, 4) is 6.07 Å². The van der Waals surface area contributed by atoms with Gasteiger partial charge in [0.1, 0.15) is 6.07 Å². The van der Waals surface area contributed by atoms with Crippen molar-refractivity contribution >= 4 is 21.6 Å². The summed E-state index contributed by atoms with van der Waals surface area (Å²) >= 11 is 3.15. The molecule has 2 rings (SSSR count). The van der Waals surface area contributed by atoms with E-state index < -0.39 is 0 Å². The van der Waals surface area contributed by atoms with E-state index >= 15 is 0 Å². The molecule has 1 aromatic carbocycles. The van der Waals surface area contributed by atoms with Gasteiger partial charge in [0.2, 0.25) is 0 Å². The van der Waals surface area contributed by atoms with Gasteiger partial charge in [-0.25, -0.2) is 4.39 Å². The first-order valence-corrected chi connectivity index (χ1v) is 7.22. The van der Waals surface area contributed by atoms with Crippen LogP contribution in [0.1, 0.15) is 25.3 Å². The van der Waals surface area contributed by atoms with Crippen LogP contribution in [-0.2, 0) is 0 Å². The van der Waals surface area contributed by atoms with Gasteiger partial charge in [-0.15, -0.1) is 0 Å². The number of nitriles is 1. The molecular weight excluding hydrogens is 309 g/mol. The summed E-state index contributed by atoms with van der Waals surface area (Å²) in [5.74, 6) is 0.0342. The Balaban J connectivity index is 2.27. The van der Waals surface area contributed by atoms with Crippen molar-refractivity contribution in [3.63, 3.8) is 0 Å². The molecule has 1 fully saturated rings. The highest BCUT2D eigenvalue weighted by Gasteiger charge is 2.25. The van der Waals surface area contributed by atoms with E-state index in [2.05, 4.69) is 15.9 Å². The summed E-state index contributed by atoms with van der Waals surface area (Å²) < 4.78 is 14.5. The molecule has 0 aliphatic carbocycles. The molecule has 1 aliphatic rings. The monoisotopic (exact) mass is 325 g/mol. The maximum absolute atomic E-state index is 14.3. The number of benzene rings is 1. The van der Waals surface area contributed by atoms with E-state index in [0.717, 1.165) is 25.9 Å². The first-order chi connectivity index (χ1) is 9.04. The third-order valence-corrected chi connectivity index (χ3v) is 4.50. The molecule has 102 valence electrons. The maximum Gasteiger partial charge on any atom is 0.161 e. The molecule has 0 bridgehead atoms. The number of halogens is 2. The van der Waals surface area contributed by atoms with E-state index in [-0.39, 0.29) is 16.3 Å². The molecule has 0 aromatic heterocycles. The third-order valence-electron chi connectivity index (χ3n) is 3.72. The van der Waals surface area contributed by atoms with Gasteiger partial charge in [-0.2, -0.15) is 5.26 Å². The number of rotatable bonds is 2. The van der Waals surface area contributed by atoms with Gasteiger partial charge in [0.05, 0.1) is 15.7 Å². The molecule has 2 N–H and O–H groups in total. The van der Waals surface area contributed by atoms with Gasteiger partial charge in [-0.1, -0.05) is 0 Å². The average Bonchev–Trinajstić information content (AvgIpc) is 2.42. The molecular formula is C14H17BrFN3. The molecule has 1 aromatic rings. The fourth-order valence-corrected chi connectivity index (χ4v) is 2.95. The van der Waals surface area contributed by atoms with Crippen molar-refractivity contribution in [3.05, 3.63) is 28.0 Å². The topological polar surface area (TPSA) is 53.0 Å². The fourth-order valence-electron chi connectivity index (χ4n) is 2.53. The first kappa shape index (κ1) is 14.3. The van der Waals surface area contributed by atoms with Crippen LogP contribution in [0.25, 0.3) is 0 Å². The second-order valence-corrected chi connectivity index (χ2v) is 5.87. The Morgan fingerprint density at radius 2 is 2.32 bits per heavy atom. The smallest absolute Gasteiger partial charge is 0.161 e. The summed E-state index contributed by atoms with van der Waals surface area (Å²) in [4.78, 5) is 2.03. The second kappa shape index (κ2) is 5.89. The lowest BCUT2D eigenvalue weighted by Crippen LogP contribution is -2.42. The lowest BCUT2D eigenvalue weighted by Gasteiger charge is -2.36. The van der Waals surface area contributed by atoms with Crippen LogP contribution in [0.3, 0.4) is 0 Å². The summed E-state index contributed by atoms with van der Waals surface area (Å²) in [6.45, 7) is 3.60. The molecule has 2 atom stereocenters. The van der Waals surface area contributed by atoms with Gasteiger partial charge < -0.3 is 10.6 Å². The molecule has 0 amide bonds. The molecule has 1 heterocycles. The SMILES string of the molecule is CC(N)C1CCCN(c2ccc(C#N)c(Br)c2F)C1. The highest BCUT2D eigenvalue weighted by Crippen LogP contribution is 2.32. The van der Waals surface area contributed by atoms with Crippen molar-refractivity contribution in [2.75, 3.05) is 18.0 Å². The lowest BCUT2D eigenvalue weighted by atomic mass is 9.92. The van der Waals surface area contributed by atoms with Crippen LogP contribution in [0.2, 0.25) is 0 Å². The quantitative estimate of drug-likeness (QED) is 0.909. The Kier molecular flexibility index (Phi) is 4.43. The van der Waals surface area contributed by atoms with Gasteiger partial charge >= 0.3 is 0 Å². The summed E-state index contributed by atoms with van der Waals surface area (Å²) in [5, 5.41) is 8.88. The summed E-state index contributed by atoms with van der Waals surface area (Å²) in [6, 6.07) is 5.42. The number of hydrogen-bond acceptors (Lipinski definition) is 3. The minimum absolute atomic E-state index is 0.118. The van der Waals surface area contributed by atoms with Crippen LogP contribution in [0.4, 0.5) is 10.1 Å². The van der Waals surface area contributed by atoms with Crippen molar-refractivity contribution in [1.29, 1.82) is 5.26 Å². The Hall–Kier alpha value is -1.12. The van der Waals surface area contributed by atoms with E-state index in [4.69, 9.17) is 11.0 Å². The Morgan fingerprint density at radius 1 is 1.58 bits per heavy atom. The van der Waals surface area contributed by atoms with E-state index in [9.17, 15) is 4.39 Å². The van der Waals surface area contributed by atoms with Crippen molar-refractivity contribution in [2.45, 2.75) is 25.8 Å². The number of piperidine rings is 1. The zero-order chi connectivity index (χ0) is 14.0. The Morgan fingerprint density at radius 3 is 2.95 bits per heavy atom. The normalized spacial score (nSPS) is 21.0. The minimum atomic E-state index is -0.357. The van der Waals surface area contributed by atoms with Gasteiger partial charge in [-0.05, 0) is 53.7 Å². The first-order valence-electron chi connectivity index (χ1n) is 6.43. The van der Waals surface area contributed by atoms with Crippen molar-refractivity contribution in [2.24, 2.45) is 11.7 Å². The Bertz CT molecular complexity index is 510. The number of hydrogen-bond donors (Lipinski definition) is 1. The number of nitrogens with two attached hydrogens (primary N) is 1. The van der Waals surface area contributed by atoms with E-state index in [0.29, 0.717) is 17.2 Å². The van der Waals surface area contributed by atoms with Crippen LogP contribution < -0.4 is 10.6 Å². The van der Waals surface area contributed by atoms with Crippen LogP contribution in [0.5, 0.6) is 0 Å². The van der Waals surface area contributed by atoms with Gasteiger partial charge in [0, 0.05) is 19.1 Å². The van der Waals surface area contributed by atoms with Gasteiger partial charge in [0.25, 0.3) is 0 Å². The van der Waals surface area contributed by atoms with Crippen molar-refractivity contribution in [1.82, 2.24) is 0 Å². The van der Waals surface area contributed by atoms with Crippen LogP contribution in [-0.4, -0.2) is 19.1 Å². The molecule has 3 nitrogen and oxygen atoms in total. The predicted molar refractivity (Wildman–Crippen MR) is 77.4 cm³/mol. The van der Waals surface area contributed by atoms with E-state index in [1.807, 2.05) is 17.9 Å². The maximum atomic E-state index is 14.3. The van der Waals surface area contributed by atoms with E-state index in [1.54, 1.807) is 12.1 Å².